The molecule has 0 radical (unpaired) electrons. The SMILES string of the molecule is COc1ncnc(C2CC2)c1-c1nc(C)nc(N(C)Cc2ccc(-c3nc(C(F)(F)F)cn3C(C)C)cc2)n1. The number of halogens is 3. The molecule has 0 atom stereocenters. The van der Waals surface area contributed by atoms with E-state index in [1.807, 2.05) is 37.9 Å². The van der Waals surface area contributed by atoms with Crippen molar-refractivity contribution in [2.45, 2.75) is 58.3 Å². The molecular weight excluding hydrogens is 509 g/mol. The third-order valence-corrected chi connectivity index (χ3v) is 6.51. The molecule has 0 N–H and O–H groups in total. The molecule has 4 aromatic rings. The van der Waals surface area contributed by atoms with Crippen LogP contribution in [0.15, 0.2) is 36.8 Å². The van der Waals surface area contributed by atoms with Crippen LogP contribution in [0.1, 0.15) is 61.4 Å². The lowest BCUT2D eigenvalue weighted by Crippen LogP contribution is -2.20. The van der Waals surface area contributed by atoms with Gasteiger partial charge < -0.3 is 14.2 Å². The van der Waals surface area contributed by atoms with Crippen molar-refractivity contribution in [1.29, 1.82) is 0 Å². The van der Waals surface area contributed by atoms with E-state index in [0.717, 1.165) is 30.3 Å². The Hall–Kier alpha value is -4.09. The van der Waals surface area contributed by atoms with Gasteiger partial charge in [0.05, 0.1) is 12.8 Å². The predicted octanol–water partition coefficient (Wildman–Crippen LogP) is 5.62. The van der Waals surface area contributed by atoms with Crippen molar-refractivity contribution in [3.63, 3.8) is 0 Å². The standard InChI is InChI=1S/C27H29F3N8O/c1-15(2)38-13-20(27(28,29)30)35-24(38)19-8-6-17(7-9-19)12-37(4)26-34-16(3)33-23(36-26)21-22(18-10-11-18)31-14-32-25(21)39-5/h6-9,13-15,18H,10-12H2,1-5H3. The normalized spacial score (nSPS) is 13.7. The highest BCUT2D eigenvalue weighted by Crippen LogP contribution is 2.45. The minimum absolute atomic E-state index is 0.176. The van der Waals surface area contributed by atoms with Gasteiger partial charge >= 0.3 is 6.18 Å². The molecule has 39 heavy (non-hydrogen) atoms. The van der Waals surface area contributed by atoms with Crippen LogP contribution in [0.2, 0.25) is 0 Å². The zero-order valence-electron chi connectivity index (χ0n) is 22.4. The van der Waals surface area contributed by atoms with Crippen LogP contribution in [0.25, 0.3) is 22.8 Å². The van der Waals surface area contributed by atoms with E-state index < -0.39 is 11.9 Å². The highest BCUT2D eigenvalue weighted by atomic mass is 19.4. The Labute approximate surface area is 224 Å². The topological polar surface area (TPSA) is 94.7 Å². The van der Waals surface area contributed by atoms with E-state index in [1.54, 1.807) is 26.2 Å². The maximum absolute atomic E-state index is 13.3. The van der Waals surface area contributed by atoms with Crippen molar-refractivity contribution in [2.75, 3.05) is 19.1 Å². The minimum Gasteiger partial charge on any atom is -0.480 e. The summed E-state index contributed by atoms with van der Waals surface area (Å²) in [6.07, 6.45) is 0.153. The highest BCUT2D eigenvalue weighted by Gasteiger charge is 2.35. The molecule has 12 heteroatoms. The van der Waals surface area contributed by atoms with Crippen LogP contribution in [-0.4, -0.2) is 48.6 Å². The second kappa shape index (κ2) is 10.2. The van der Waals surface area contributed by atoms with Crippen LogP contribution in [-0.2, 0) is 12.7 Å². The fourth-order valence-corrected chi connectivity index (χ4v) is 4.40. The van der Waals surface area contributed by atoms with Crippen LogP contribution >= 0.6 is 0 Å². The van der Waals surface area contributed by atoms with Gasteiger partial charge in [-0.1, -0.05) is 24.3 Å². The van der Waals surface area contributed by atoms with Gasteiger partial charge in [0.25, 0.3) is 0 Å². The summed E-state index contributed by atoms with van der Waals surface area (Å²) in [5.41, 5.74) is 2.20. The van der Waals surface area contributed by atoms with Gasteiger partial charge in [0.1, 0.15) is 23.5 Å². The van der Waals surface area contributed by atoms with Crippen molar-refractivity contribution in [2.24, 2.45) is 0 Å². The van der Waals surface area contributed by atoms with E-state index in [2.05, 4.69) is 24.9 Å². The summed E-state index contributed by atoms with van der Waals surface area (Å²) in [6.45, 7) is 5.92. The molecule has 9 nitrogen and oxygen atoms in total. The van der Waals surface area contributed by atoms with E-state index in [-0.39, 0.29) is 11.9 Å². The second-order valence-corrected chi connectivity index (χ2v) is 9.93. The number of benzene rings is 1. The number of hydrogen-bond acceptors (Lipinski definition) is 8. The zero-order chi connectivity index (χ0) is 27.9. The molecule has 5 rings (SSSR count). The van der Waals surface area contributed by atoms with Crippen molar-refractivity contribution >= 4 is 5.95 Å². The molecule has 1 aromatic carbocycles. The summed E-state index contributed by atoms with van der Waals surface area (Å²) in [7, 11) is 3.43. The number of aromatic nitrogens is 7. The molecule has 0 saturated heterocycles. The van der Waals surface area contributed by atoms with Gasteiger partial charge in [-0.15, -0.1) is 0 Å². The largest absolute Gasteiger partial charge is 0.480 e. The van der Waals surface area contributed by atoms with Gasteiger partial charge in [0.15, 0.2) is 11.5 Å². The number of anilines is 1. The first-order chi connectivity index (χ1) is 18.5. The highest BCUT2D eigenvalue weighted by molar-refractivity contribution is 5.66. The Morgan fingerprint density at radius 3 is 2.38 bits per heavy atom. The van der Waals surface area contributed by atoms with E-state index in [9.17, 15) is 13.2 Å². The van der Waals surface area contributed by atoms with Crippen molar-refractivity contribution in [1.82, 2.24) is 34.5 Å². The lowest BCUT2D eigenvalue weighted by molar-refractivity contribution is -0.140. The summed E-state index contributed by atoms with van der Waals surface area (Å²) < 4.78 is 46.9. The molecule has 1 aliphatic carbocycles. The Morgan fingerprint density at radius 2 is 1.77 bits per heavy atom. The number of nitrogens with zero attached hydrogens (tertiary/aromatic N) is 8. The maximum atomic E-state index is 13.3. The van der Waals surface area contributed by atoms with Crippen LogP contribution in [0, 0.1) is 6.92 Å². The summed E-state index contributed by atoms with van der Waals surface area (Å²) in [5, 5.41) is 0. The predicted molar refractivity (Wildman–Crippen MR) is 139 cm³/mol. The fourth-order valence-electron chi connectivity index (χ4n) is 4.40. The van der Waals surface area contributed by atoms with E-state index in [1.165, 1.54) is 10.9 Å². The van der Waals surface area contributed by atoms with Gasteiger partial charge in [0, 0.05) is 37.3 Å². The molecule has 0 aliphatic heterocycles. The quantitative estimate of drug-likeness (QED) is 0.285. The Balaban J connectivity index is 1.41. The number of ether oxygens (including phenoxy) is 1. The number of hydrogen-bond donors (Lipinski definition) is 0. The van der Waals surface area contributed by atoms with Gasteiger partial charge in [-0.05, 0) is 39.2 Å². The molecular formula is C27H29F3N8O. The summed E-state index contributed by atoms with van der Waals surface area (Å²) >= 11 is 0. The summed E-state index contributed by atoms with van der Waals surface area (Å²) in [6, 6.07) is 7.12. The van der Waals surface area contributed by atoms with Crippen molar-refractivity contribution in [3.05, 3.63) is 59.6 Å². The van der Waals surface area contributed by atoms with E-state index in [0.29, 0.717) is 47.1 Å². The van der Waals surface area contributed by atoms with Crippen LogP contribution in [0.5, 0.6) is 5.88 Å². The monoisotopic (exact) mass is 538 g/mol. The van der Waals surface area contributed by atoms with Crippen molar-refractivity contribution < 1.29 is 17.9 Å². The molecule has 3 heterocycles. The van der Waals surface area contributed by atoms with E-state index in [4.69, 9.17) is 9.72 Å². The lowest BCUT2D eigenvalue weighted by Gasteiger charge is -2.19. The van der Waals surface area contributed by atoms with Gasteiger partial charge in [-0.3, -0.25) is 0 Å². The van der Waals surface area contributed by atoms with Crippen LogP contribution in [0.3, 0.4) is 0 Å². The average molecular weight is 539 g/mol. The number of alkyl halides is 3. The smallest absolute Gasteiger partial charge is 0.434 e. The molecule has 0 unspecified atom stereocenters. The molecule has 1 saturated carbocycles. The summed E-state index contributed by atoms with van der Waals surface area (Å²) in [5.74, 6) is 2.52. The average Bonchev–Trinajstić information content (AvgIpc) is 3.64. The van der Waals surface area contributed by atoms with E-state index >= 15 is 0 Å². The third-order valence-electron chi connectivity index (χ3n) is 6.51. The Kier molecular flexibility index (Phi) is 6.96. The maximum Gasteiger partial charge on any atom is 0.434 e. The molecule has 0 amide bonds. The molecule has 1 fully saturated rings. The second-order valence-electron chi connectivity index (χ2n) is 9.93. The number of rotatable bonds is 8. The molecule has 3 aromatic heterocycles. The molecule has 204 valence electrons. The molecule has 1 aliphatic rings. The van der Waals surface area contributed by atoms with Crippen LogP contribution < -0.4 is 9.64 Å². The Morgan fingerprint density at radius 1 is 1.05 bits per heavy atom. The third kappa shape index (κ3) is 5.55. The van der Waals surface area contributed by atoms with Crippen LogP contribution in [0.4, 0.5) is 19.1 Å². The number of methoxy groups -OCH3 is 1. The summed E-state index contributed by atoms with van der Waals surface area (Å²) in [4.78, 5) is 28.3. The molecule has 0 bridgehead atoms. The van der Waals surface area contributed by atoms with Gasteiger partial charge in [-0.25, -0.2) is 19.9 Å². The first-order valence-electron chi connectivity index (χ1n) is 12.6. The first-order valence-corrected chi connectivity index (χ1v) is 12.6. The molecule has 0 spiro atoms. The fraction of sp³-hybridized carbons (Fsp3) is 0.407. The minimum atomic E-state index is -4.51. The first kappa shape index (κ1) is 26.5. The zero-order valence-corrected chi connectivity index (χ0v) is 22.4. The number of aryl methyl sites for hydroxylation is 1. The lowest BCUT2D eigenvalue weighted by atomic mass is 10.1. The Bertz CT molecular complexity index is 1480. The van der Waals surface area contributed by atoms with Gasteiger partial charge in [-0.2, -0.15) is 23.1 Å². The number of imidazole rings is 1. The van der Waals surface area contributed by atoms with Crippen molar-refractivity contribution in [3.8, 4) is 28.7 Å². The van der Waals surface area contributed by atoms with Gasteiger partial charge in [0.2, 0.25) is 11.8 Å².